The second-order valence-corrected chi connectivity index (χ2v) is 5.06. The summed E-state index contributed by atoms with van der Waals surface area (Å²) < 4.78 is 0. The van der Waals surface area contributed by atoms with Crippen molar-refractivity contribution in [2.45, 2.75) is 51.3 Å². The highest BCUT2D eigenvalue weighted by Crippen LogP contribution is 2.12. The van der Waals surface area contributed by atoms with Gasteiger partial charge in [0.2, 0.25) is 5.91 Å². The Bertz CT molecular complexity index is 172. The number of carbonyl (C=O) groups excluding carboxylic acids is 1. The molecular weight excluding hydrogens is 210 g/mol. The summed E-state index contributed by atoms with van der Waals surface area (Å²) >= 11 is 1.60. The Labute approximate surface area is 97.0 Å². The maximum Gasteiger partial charge on any atom is 0.233 e. The minimum absolute atomic E-state index is 0.0165. The van der Waals surface area contributed by atoms with Crippen LogP contribution in [0.15, 0.2) is 0 Å². The minimum Gasteiger partial charge on any atom is -0.396 e. The SMILES string of the molecule is CCC(CC)NC(=O)C(C)SCCCO. The van der Waals surface area contributed by atoms with Crippen LogP contribution in [0.2, 0.25) is 0 Å². The number of rotatable bonds is 8. The largest absolute Gasteiger partial charge is 0.396 e. The van der Waals surface area contributed by atoms with Gasteiger partial charge in [-0.05, 0) is 31.9 Å². The summed E-state index contributed by atoms with van der Waals surface area (Å²) in [5, 5.41) is 11.6. The van der Waals surface area contributed by atoms with Crippen LogP contribution in [0.25, 0.3) is 0 Å². The first kappa shape index (κ1) is 14.8. The first-order valence-electron chi connectivity index (χ1n) is 5.68. The molecule has 0 aromatic carbocycles. The topological polar surface area (TPSA) is 49.3 Å². The Morgan fingerprint density at radius 2 is 2.00 bits per heavy atom. The van der Waals surface area contributed by atoms with Crippen LogP contribution < -0.4 is 5.32 Å². The molecule has 1 atom stereocenters. The van der Waals surface area contributed by atoms with E-state index in [1.165, 1.54) is 0 Å². The Morgan fingerprint density at radius 1 is 1.40 bits per heavy atom. The highest BCUT2D eigenvalue weighted by molar-refractivity contribution is 8.00. The van der Waals surface area contributed by atoms with Crippen molar-refractivity contribution in [1.29, 1.82) is 0 Å². The third-order valence-electron chi connectivity index (χ3n) is 2.37. The van der Waals surface area contributed by atoms with Crippen LogP contribution in [-0.2, 0) is 4.79 Å². The summed E-state index contributed by atoms with van der Waals surface area (Å²) in [7, 11) is 0. The van der Waals surface area contributed by atoms with E-state index < -0.39 is 0 Å². The van der Waals surface area contributed by atoms with E-state index in [2.05, 4.69) is 19.2 Å². The predicted octanol–water partition coefficient (Wildman–Crippen LogP) is 1.80. The average Bonchev–Trinajstić information content (AvgIpc) is 2.25. The molecule has 0 aliphatic rings. The van der Waals surface area contributed by atoms with Gasteiger partial charge >= 0.3 is 0 Å². The van der Waals surface area contributed by atoms with Crippen LogP contribution in [0.1, 0.15) is 40.0 Å². The van der Waals surface area contributed by atoms with Crippen LogP contribution in [0.5, 0.6) is 0 Å². The van der Waals surface area contributed by atoms with Gasteiger partial charge in [0.1, 0.15) is 0 Å². The summed E-state index contributed by atoms with van der Waals surface area (Å²) in [6.07, 6.45) is 2.72. The lowest BCUT2D eigenvalue weighted by Crippen LogP contribution is -2.38. The summed E-state index contributed by atoms with van der Waals surface area (Å²) in [4.78, 5) is 11.7. The summed E-state index contributed by atoms with van der Waals surface area (Å²) in [5.41, 5.74) is 0. The molecule has 0 bridgehead atoms. The van der Waals surface area contributed by atoms with Gasteiger partial charge < -0.3 is 10.4 Å². The molecule has 0 radical (unpaired) electrons. The molecule has 0 aromatic heterocycles. The number of nitrogens with one attached hydrogen (secondary N) is 1. The van der Waals surface area contributed by atoms with Gasteiger partial charge in [0, 0.05) is 12.6 Å². The average molecular weight is 233 g/mol. The molecule has 4 heteroatoms. The van der Waals surface area contributed by atoms with Crippen LogP contribution >= 0.6 is 11.8 Å². The molecule has 0 rings (SSSR count). The molecule has 2 N–H and O–H groups in total. The fourth-order valence-corrected chi connectivity index (χ4v) is 2.08. The number of thioether (sulfide) groups is 1. The van der Waals surface area contributed by atoms with Crippen molar-refractivity contribution in [2.24, 2.45) is 0 Å². The molecule has 1 unspecified atom stereocenters. The molecule has 15 heavy (non-hydrogen) atoms. The highest BCUT2D eigenvalue weighted by Gasteiger charge is 2.15. The van der Waals surface area contributed by atoms with Crippen LogP contribution in [0.4, 0.5) is 0 Å². The number of hydrogen-bond donors (Lipinski definition) is 2. The highest BCUT2D eigenvalue weighted by atomic mass is 32.2. The fourth-order valence-electron chi connectivity index (χ4n) is 1.21. The third-order valence-corrected chi connectivity index (χ3v) is 3.61. The van der Waals surface area contributed by atoms with E-state index in [0.717, 1.165) is 25.0 Å². The van der Waals surface area contributed by atoms with Crippen LogP contribution in [0.3, 0.4) is 0 Å². The van der Waals surface area contributed by atoms with Gasteiger partial charge in [-0.15, -0.1) is 11.8 Å². The molecule has 0 saturated carbocycles. The van der Waals surface area contributed by atoms with Gasteiger partial charge in [0.05, 0.1) is 5.25 Å². The van der Waals surface area contributed by atoms with E-state index in [1.807, 2.05) is 6.92 Å². The lowest BCUT2D eigenvalue weighted by atomic mass is 10.2. The van der Waals surface area contributed by atoms with E-state index in [-0.39, 0.29) is 17.8 Å². The molecule has 0 spiro atoms. The maximum absolute atomic E-state index is 11.7. The van der Waals surface area contributed by atoms with E-state index in [9.17, 15) is 4.79 Å². The molecule has 0 fully saturated rings. The fraction of sp³-hybridized carbons (Fsp3) is 0.909. The van der Waals surface area contributed by atoms with E-state index in [4.69, 9.17) is 5.11 Å². The third kappa shape index (κ3) is 6.79. The van der Waals surface area contributed by atoms with Crippen molar-refractivity contribution >= 4 is 17.7 Å². The van der Waals surface area contributed by atoms with E-state index in [1.54, 1.807) is 11.8 Å². The number of amides is 1. The number of aliphatic hydroxyl groups is 1. The second kappa shape index (κ2) is 9.04. The molecule has 0 saturated heterocycles. The van der Waals surface area contributed by atoms with E-state index in [0.29, 0.717) is 6.04 Å². The summed E-state index contributed by atoms with van der Waals surface area (Å²) in [6, 6.07) is 0.304. The van der Waals surface area contributed by atoms with Crippen LogP contribution in [0, 0.1) is 0 Å². The van der Waals surface area contributed by atoms with Crippen molar-refractivity contribution in [3.8, 4) is 0 Å². The number of aliphatic hydroxyl groups excluding tert-OH is 1. The molecule has 1 amide bonds. The van der Waals surface area contributed by atoms with Crippen molar-refractivity contribution in [3.63, 3.8) is 0 Å². The summed E-state index contributed by atoms with van der Waals surface area (Å²) in [5.74, 6) is 0.959. The number of hydrogen-bond acceptors (Lipinski definition) is 3. The number of carbonyl (C=O) groups is 1. The monoisotopic (exact) mass is 233 g/mol. The molecule has 0 aliphatic heterocycles. The molecule has 0 aromatic rings. The van der Waals surface area contributed by atoms with Crippen molar-refractivity contribution in [2.75, 3.05) is 12.4 Å². The van der Waals surface area contributed by atoms with Gasteiger partial charge in [-0.3, -0.25) is 4.79 Å². The maximum atomic E-state index is 11.7. The normalized spacial score (nSPS) is 12.9. The Kier molecular flexibility index (Phi) is 8.91. The van der Waals surface area contributed by atoms with Gasteiger partial charge in [-0.25, -0.2) is 0 Å². The van der Waals surface area contributed by atoms with Crippen molar-refractivity contribution in [1.82, 2.24) is 5.32 Å². The second-order valence-electron chi connectivity index (χ2n) is 3.61. The molecule has 90 valence electrons. The first-order chi connectivity index (χ1) is 7.15. The van der Waals surface area contributed by atoms with Gasteiger partial charge in [0.15, 0.2) is 0 Å². The van der Waals surface area contributed by atoms with E-state index >= 15 is 0 Å². The Balaban J connectivity index is 3.77. The zero-order chi connectivity index (χ0) is 11.7. The Hall–Kier alpha value is -0.220. The molecule has 0 heterocycles. The molecule has 0 aliphatic carbocycles. The van der Waals surface area contributed by atoms with Gasteiger partial charge in [-0.1, -0.05) is 13.8 Å². The lowest BCUT2D eigenvalue weighted by molar-refractivity contribution is -0.121. The predicted molar refractivity (Wildman–Crippen MR) is 66.1 cm³/mol. The molecule has 3 nitrogen and oxygen atoms in total. The van der Waals surface area contributed by atoms with Crippen molar-refractivity contribution < 1.29 is 9.90 Å². The lowest BCUT2D eigenvalue weighted by Gasteiger charge is -2.18. The van der Waals surface area contributed by atoms with Gasteiger partial charge in [-0.2, -0.15) is 0 Å². The molecular formula is C11H23NO2S. The zero-order valence-electron chi connectivity index (χ0n) is 9.95. The summed E-state index contributed by atoms with van der Waals surface area (Å²) in [6.45, 7) is 6.28. The standard InChI is InChI=1S/C11H23NO2S/c1-4-10(5-2)12-11(14)9(3)15-8-6-7-13/h9-10,13H,4-8H2,1-3H3,(H,12,14). The quantitative estimate of drug-likeness (QED) is 0.628. The zero-order valence-corrected chi connectivity index (χ0v) is 10.8. The first-order valence-corrected chi connectivity index (χ1v) is 6.73. The van der Waals surface area contributed by atoms with Gasteiger partial charge in [0.25, 0.3) is 0 Å². The smallest absolute Gasteiger partial charge is 0.233 e. The van der Waals surface area contributed by atoms with Crippen LogP contribution in [-0.4, -0.2) is 34.7 Å². The van der Waals surface area contributed by atoms with Crippen molar-refractivity contribution in [3.05, 3.63) is 0 Å². The minimum atomic E-state index is -0.0165. The Morgan fingerprint density at radius 3 is 2.47 bits per heavy atom.